The van der Waals surface area contributed by atoms with E-state index in [-0.39, 0.29) is 17.4 Å². The molecule has 1 amide bonds. The van der Waals surface area contributed by atoms with Gasteiger partial charge in [0.05, 0.1) is 24.0 Å². The molecule has 3 aromatic heterocycles. The lowest BCUT2D eigenvalue weighted by Crippen LogP contribution is -2.24. The largest absolute Gasteiger partial charge is 0.355 e. The van der Waals surface area contributed by atoms with Gasteiger partial charge < -0.3 is 10.3 Å². The summed E-state index contributed by atoms with van der Waals surface area (Å²) in [5.74, 6) is -0.0594. The summed E-state index contributed by atoms with van der Waals surface area (Å²) in [5.41, 5.74) is 1.69. The van der Waals surface area contributed by atoms with Gasteiger partial charge in [0.1, 0.15) is 10.8 Å². The fourth-order valence-electron chi connectivity index (χ4n) is 2.87. The highest BCUT2D eigenvalue weighted by atomic mass is 35.5. The van der Waals surface area contributed by atoms with Crippen LogP contribution in [0.2, 0.25) is 5.15 Å². The van der Waals surface area contributed by atoms with Gasteiger partial charge >= 0.3 is 0 Å². The van der Waals surface area contributed by atoms with Crippen LogP contribution in [0.15, 0.2) is 29.2 Å². The number of halogens is 2. The lowest BCUT2D eigenvalue weighted by molar-refractivity contribution is -0.105. The zero-order valence-corrected chi connectivity index (χ0v) is 15.1. The quantitative estimate of drug-likeness (QED) is 0.511. The van der Waals surface area contributed by atoms with Crippen LogP contribution in [0.3, 0.4) is 0 Å². The zero-order valence-electron chi connectivity index (χ0n) is 14.3. The molecule has 0 spiro atoms. The molecule has 0 aliphatic rings. The highest BCUT2D eigenvalue weighted by molar-refractivity contribution is 6.29. The lowest BCUT2D eigenvalue weighted by atomic mass is 10.1. The summed E-state index contributed by atoms with van der Waals surface area (Å²) in [6.07, 6.45) is 2.35. The van der Waals surface area contributed by atoms with Gasteiger partial charge in [-0.2, -0.15) is 0 Å². The molecule has 0 radical (unpaired) electrons. The van der Waals surface area contributed by atoms with Crippen molar-refractivity contribution in [1.29, 1.82) is 0 Å². The Morgan fingerprint density at radius 2 is 2.19 bits per heavy atom. The Morgan fingerprint density at radius 1 is 1.42 bits per heavy atom. The molecule has 2 N–H and O–H groups in total. The smallest absolute Gasteiger partial charge is 0.275 e. The summed E-state index contributed by atoms with van der Waals surface area (Å²) < 4.78 is 15.5. The minimum Gasteiger partial charge on any atom is -0.355 e. The third-order valence-electron chi connectivity index (χ3n) is 4.02. The molecule has 0 saturated heterocycles. The van der Waals surface area contributed by atoms with Crippen LogP contribution in [0, 0.1) is 11.7 Å². The SMILES string of the molecule is CC(C)Cc1ncc(F)c2cc(Cn3c(Cl)ccc(NC=O)c3=O)[nH]c12. The molecule has 0 atom stereocenters. The number of nitrogens with zero attached hydrogens (tertiary/aromatic N) is 2. The van der Waals surface area contributed by atoms with Crippen LogP contribution in [0.5, 0.6) is 0 Å². The van der Waals surface area contributed by atoms with Crippen LogP contribution in [0.4, 0.5) is 10.1 Å². The lowest BCUT2D eigenvalue weighted by Gasteiger charge is -2.09. The van der Waals surface area contributed by atoms with Crippen molar-refractivity contribution in [2.45, 2.75) is 26.8 Å². The highest BCUT2D eigenvalue weighted by Crippen LogP contribution is 2.24. The summed E-state index contributed by atoms with van der Waals surface area (Å²) >= 11 is 6.13. The van der Waals surface area contributed by atoms with Gasteiger partial charge in [0, 0.05) is 11.1 Å². The van der Waals surface area contributed by atoms with Crippen molar-refractivity contribution in [3.63, 3.8) is 0 Å². The van der Waals surface area contributed by atoms with Crippen molar-refractivity contribution in [3.8, 4) is 0 Å². The number of hydrogen-bond donors (Lipinski definition) is 2. The van der Waals surface area contributed by atoms with Gasteiger partial charge in [-0.3, -0.25) is 19.1 Å². The van der Waals surface area contributed by atoms with Crippen LogP contribution in [0.25, 0.3) is 10.9 Å². The molecule has 0 aliphatic carbocycles. The van der Waals surface area contributed by atoms with E-state index in [9.17, 15) is 14.0 Å². The Labute approximate surface area is 154 Å². The first-order chi connectivity index (χ1) is 12.4. The van der Waals surface area contributed by atoms with E-state index in [0.29, 0.717) is 35.3 Å². The third kappa shape index (κ3) is 3.48. The average molecular weight is 377 g/mol. The van der Waals surface area contributed by atoms with Gasteiger partial charge in [-0.1, -0.05) is 25.4 Å². The predicted octanol–water partition coefficient (Wildman–Crippen LogP) is 3.33. The Kier molecular flexibility index (Phi) is 5.08. The number of nitrogens with one attached hydrogen (secondary N) is 2. The maximum absolute atomic E-state index is 14.2. The van der Waals surface area contributed by atoms with Crippen molar-refractivity contribution >= 4 is 34.6 Å². The Hall–Kier alpha value is -2.67. The molecule has 0 saturated carbocycles. The molecule has 3 heterocycles. The molecule has 0 unspecified atom stereocenters. The van der Waals surface area contributed by atoms with Gasteiger partial charge in [0.15, 0.2) is 5.82 Å². The van der Waals surface area contributed by atoms with E-state index in [4.69, 9.17) is 11.6 Å². The molecule has 8 heteroatoms. The maximum Gasteiger partial charge on any atom is 0.275 e. The number of H-pyrrole nitrogens is 1. The first-order valence-electron chi connectivity index (χ1n) is 8.15. The number of carbonyl (C=O) groups is 1. The standard InChI is InChI=1S/C18H18ClFN4O2/c1-10(2)5-15-17-12(13(20)7-21-15)6-11(23-17)8-24-16(19)4-3-14(18(24)26)22-9-25/h3-4,6-7,9-10,23H,5,8H2,1-2H3,(H,22,25). The molecule has 136 valence electrons. The zero-order chi connectivity index (χ0) is 18.8. The number of aromatic nitrogens is 3. The summed E-state index contributed by atoms with van der Waals surface area (Å²) in [5, 5.41) is 2.98. The molecule has 0 aromatic carbocycles. The number of aromatic amines is 1. The van der Waals surface area contributed by atoms with Crippen LogP contribution in [-0.2, 0) is 17.8 Å². The van der Waals surface area contributed by atoms with E-state index >= 15 is 0 Å². The van der Waals surface area contributed by atoms with Crippen molar-refractivity contribution in [1.82, 2.24) is 14.5 Å². The molecule has 0 aliphatic heterocycles. The normalized spacial score (nSPS) is 11.3. The van der Waals surface area contributed by atoms with Crippen molar-refractivity contribution in [3.05, 3.63) is 57.1 Å². The number of hydrogen-bond acceptors (Lipinski definition) is 3. The summed E-state index contributed by atoms with van der Waals surface area (Å²) in [6.45, 7) is 4.23. The minimum absolute atomic E-state index is 0.112. The number of pyridine rings is 2. The van der Waals surface area contributed by atoms with Crippen LogP contribution >= 0.6 is 11.6 Å². The van der Waals surface area contributed by atoms with E-state index in [1.165, 1.54) is 22.9 Å². The number of amides is 1. The fourth-order valence-corrected chi connectivity index (χ4v) is 3.07. The predicted molar refractivity (Wildman–Crippen MR) is 99.1 cm³/mol. The summed E-state index contributed by atoms with van der Waals surface area (Å²) in [7, 11) is 0. The maximum atomic E-state index is 14.2. The Bertz CT molecular complexity index is 1030. The molecule has 6 nitrogen and oxygen atoms in total. The van der Waals surface area contributed by atoms with Crippen LogP contribution < -0.4 is 10.9 Å². The fraction of sp³-hybridized carbons (Fsp3) is 0.278. The van der Waals surface area contributed by atoms with Crippen LogP contribution in [-0.4, -0.2) is 20.9 Å². The van der Waals surface area contributed by atoms with Crippen molar-refractivity contribution < 1.29 is 9.18 Å². The third-order valence-corrected chi connectivity index (χ3v) is 4.35. The second kappa shape index (κ2) is 7.29. The van der Waals surface area contributed by atoms with E-state index in [1.807, 2.05) is 0 Å². The molecule has 0 fully saturated rings. The number of rotatable bonds is 6. The molecule has 3 rings (SSSR count). The van der Waals surface area contributed by atoms with E-state index in [2.05, 4.69) is 29.1 Å². The Morgan fingerprint density at radius 3 is 2.88 bits per heavy atom. The molecular formula is C18H18ClFN4O2. The van der Waals surface area contributed by atoms with Crippen molar-refractivity contribution in [2.24, 2.45) is 5.92 Å². The monoisotopic (exact) mass is 376 g/mol. The molecule has 0 bridgehead atoms. The number of anilines is 1. The average Bonchev–Trinajstić information content (AvgIpc) is 3.02. The van der Waals surface area contributed by atoms with Crippen molar-refractivity contribution in [2.75, 3.05) is 5.32 Å². The van der Waals surface area contributed by atoms with E-state index < -0.39 is 11.4 Å². The first-order valence-corrected chi connectivity index (χ1v) is 8.53. The highest BCUT2D eigenvalue weighted by Gasteiger charge is 2.14. The van der Waals surface area contributed by atoms with Gasteiger partial charge in [-0.05, 0) is 30.5 Å². The number of fused-ring (bicyclic) bond motifs is 1. The molecule has 26 heavy (non-hydrogen) atoms. The van der Waals surface area contributed by atoms with E-state index in [1.54, 1.807) is 6.07 Å². The summed E-state index contributed by atoms with van der Waals surface area (Å²) in [4.78, 5) is 30.4. The van der Waals surface area contributed by atoms with Gasteiger partial charge in [-0.15, -0.1) is 0 Å². The number of carbonyl (C=O) groups excluding carboxylic acids is 1. The van der Waals surface area contributed by atoms with Gasteiger partial charge in [0.25, 0.3) is 5.56 Å². The topological polar surface area (TPSA) is 79.8 Å². The second-order valence-electron chi connectivity index (χ2n) is 6.46. The second-order valence-corrected chi connectivity index (χ2v) is 6.84. The van der Waals surface area contributed by atoms with Gasteiger partial charge in [0.2, 0.25) is 6.41 Å². The van der Waals surface area contributed by atoms with Crippen LogP contribution in [0.1, 0.15) is 25.2 Å². The first kappa shape index (κ1) is 18.1. The molecule has 3 aromatic rings. The minimum atomic E-state index is -0.441. The molecular weight excluding hydrogens is 359 g/mol. The van der Waals surface area contributed by atoms with E-state index in [0.717, 1.165) is 5.69 Å². The Balaban J connectivity index is 2.05. The van der Waals surface area contributed by atoms with Gasteiger partial charge in [-0.25, -0.2) is 4.39 Å². The summed E-state index contributed by atoms with van der Waals surface area (Å²) in [6, 6.07) is 4.60.